The average Bonchev–Trinajstić information content (AvgIpc) is 2.39. The van der Waals surface area contributed by atoms with Gasteiger partial charge >= 0.3 is 0 Å². The van der Waals surface area contributed by atoms with Gasteiger partial charge < -0.3 is 10.6 Å². The molecule has 0 aliphatic heterocycles. The molecule has 106 valence electrons. The highest BCUT2D eigenvalue weighted by Gasteiger charge is 2.31. The minimum Gasteiger partial charge on any atom is -0.330 e. The van der Waals surface area contributed by atoms with E-state index in [1.807, 2.05) is 18.2 Å². The van der Waals surface area contributed by atoms with Crippen LogP contribution in [0, 0.1) is 5.41 Å². The Kier molecular flexibility index (Phi) is 5.26. The SMILES string of the molecule is CN(Cc1cccc(Cl)c1)CC1(CN)CCCCC1. The maximum absolute atomic E-state index is 6.06. The summed E-state index contributed by atoms with van der Waals surface area (Å²) in [7, 11) is 2.19. The molecule has 2 N–H and O–H groups in total. The zero-order valence-corrected chi connectivity index (χ0v) is 12.6. The second-order valence-corrected chi connectivity index (χ2v) is 6.50. The summed E-state index contributed by atoms with van der Waals surface area (Å²) >= 11 is 6.04. The molecular weight excluding hydrogens is 256 g/mol. The molecule has 1 aromatic rings. The fourth-order valence-electron chi connectivity index (χ4n) is 3.30. The highest BCUT2D eigenvalue weighted by atomic mass is 35.5. The lowest BCUT2D eigenvalue weighted by Crippen LogP contribution is -2.42. The van der Waals surface area contributed by atoms with Crippen LogP contribution in [-0.4, -0.2) is 25.0 Å². The van der Waals surface area contributed by atoms with Crippen molar-refractivity contribution in [2.45, 2.75) is 38.6 Å². The van der Waals surface area contributed by atoms with Gasteiger partial charge in [-0.25, -0.2) is 0 Å². The zero-order chi connectivity index (χ0) is 13.7. The fraction of sp³-hybridized carbons (Fsp3) is 0.625. The van der Waals surface area contributed by atoms with Gasteiger partial charge in [0, 0.05) is 18.1 Å². The lowest BCUT2D eigenvalue weighted by atomic mass is 9.73. The van der Waals surface area contributed by atoms with Crippen LogP contribution in [-0.2, 0) is 6.54 Å². The molecule has 0 heterocycles. The number of nitrogens with two attached hydrogens (primary N) is 1. The molecule has 2 nitrogen and oxygen atoms in total. The van der Waals surface area contributed by atoms with Gasteiger partial charge in [-0.3, -0.25) is 0 Å². The van der Waals surface area contributed by atoms with E-state index in [9.17, 15) is 0 Å². The van der Waals surface area contributed by atoms with E-state index in [1.165, 1.54) is 37.7 Å². The van der Waals surface area contributed by atoms with Crippen LogP contribution in [0.2, 0.25) is 5.02 Å². The Morgan fingerprint density at radius 3 is 2.63 bits per heavy atom. The van der Waals surface area contributed by atoms with Crippen LogP contribution in [0.25, 0.3) is 0 Å². The number of halogens is 1. The molecule has 0 amide bonds. The van der Waals surface area contributed by atoms with Crippen molar-refractivity contribution in [3.05, 3.63) is 34.9 Å². The van der Waals surface area contributed by atoms with E-state index in [-0.39, 0.29) is 0 Å². The molecule has 1 saturated carbocycles. The number of hydrogen-bond donors (Lipinski definition) is 1. The standard InChI is InChI=1S/C16H25ClN2/c1-19(11-14-6-5-7-15(17)10-14)13-16(12-18)8-3-2-4-9-16/h5-7,10H,2-4,8-9,11-13,18H2,1H3. The van der Waals surface area contributed by atoms with Crippen molar-refractivity contribution >= 4 is 11.6 Å². The Balaban J connectivity index is 1.94. The molecular formula is C16H25ClN2. The molecule has 1 aromatic carbocycles. The highest BCUT2D eigenvalue weighted by Crippen LogP contribution is 2.36. The van der Waals surface area contributed by atoms with Crippen molar-refractivity contribution < 1.29 is 0 Å². The summed E-state index contributed by atoms with van der Waals surface area (Å²) in [6, 6.07) is 8.13. The van der Waals surface area contributed by atoms with E-state index in [0.29, 0.717) is 5.41 Å². The Morgan fingerprint density at radius 1 is 1.26 bits per heavy atom. The molecule has 0 saturated heterocycles. The first kappa shape index (κ1) is 14.8. The lowest BCUT2D eigenvalue weighted by molar-refractivity contribution is 0.124. The van der Waals surface area contributed by atoms with Crippen molar-refractivity contribution in [2.75, 3.05) is 20.1 Å². The molecule has 0 radical (unpaired) electrons. The average molecular weight is 281 g/mol. The summed E-state index contributed by atoms with van der Waals surface area (Å²) < 4.78 is 0. The van der Waals surface area contributed by atoms with Gasteiger partial charge in [0.1, 0.15) is 0 Å². The van der Waals surface area contributed by atoms with E-state index in [4.69, 9.17) is 17.3 Å². The molecule has 0 unspecified atom stereocenters. The first-order chi connectivity index (χ1) is 9.13. The van der Waals surface area contributed by atoms with E-state index in [2.05, 4.69) is 18.0 Å². The summed E-state index contributed by atoms with van der Waals surface area (Å²) in [5.74, 6) is 0. The Bertz CT molecular complexity index is 399. The van der Waals surface area contributed by atoms with Crippen LogP contribution in [0.3, 0.4) is 0 Å². The van der Waals surface area contributed by atoms with Crippen LogP contribution in [0.5, 0.6) is 0 Å². The number of rotatable bonds is 5. The summed E-state index contributed by atoms with van der Waals surface area (Å²) in [4.78, 5) is 2.39. The summed E-state index contributed by atoms with van der Waals surface area (Å²) in [6.45, 7) is 2.85. The second kappa shape index (κ2) is 6.74. The summed E-state index contributed by atoms with van der Waals surface area (Å²) in [6.07, 6.45) is 6.61. The quantitative estimate of drug-likeness (QED) is 0.891. The predicted molar refractivity (Wildman–Crippen MR) is 82.4 cm³/mol. The first-order valence-corrected chi connectivity index (χ1v) is 7.64. The monoisotopic (exact) mass is 280 g/mol. The maximum atomic E-state index is 6.06. The van der Waals surface area contributed by atoms with Crippen LogP contribution >= 0.6 is 11.6 Å². The molecule has 1 aliphatic carbocycles. The highest BCUT2D eigenvalue weighted by molar-refractivity contribution is 6.30. The van der Waals surface area contributed by atoms with E-state index < -0.39 is 0 Å². The minimum absolute atomic E-state index is 0.339. The van der Waals surface area contributed by atoms with Gasteiger partial charge in [-0.05, 0) is 49.5 Å². The Hall–Kier alpha value is -0.570. The zero-order valence-electron chi connectivity index (χ0n) is 11.9. The van der Waals surface area contributed by atoms with Gasteiger partial charge in [0.2, 0.25) is 0 Å². The molecule has 0 spiro atoms. The van der Waals surface area contributed by atoms with Crippen LogP contribution < -0.4 is 5.73 Å². The van der Waals surface area contributed by atoms with Crippen molar-refractivity contribution in [3.8, 4) is 0 Å². The molecule has 0 aromatic heterocycles. The van der Waals surface area contributed by atoms with Gasteiger partial charge in [0.25, 0.3) is 0 Å². The molecule has 2 rings (SSSR count). The van der Waals surface area contributed by atoms with Gasteiger partial charge in [0.05, 0.1) is 0 Å². The third-order valence-corrected chi connectivity index (χ3v) is 4.53. The minimum atomic E-state index is 0.339. The molecule has 1 fully saturated rings. The van der Waals surface area contributed by atoms with E-state index in [1.54, 1.807) is 0 Å². The van der Waals surface area contributed by atoms with Crippen molar-refractivity contribution in [3.63, 3.8) is 0 Å². The van der Waals surface area contributed by atoms with Crippen LogP contribution in [0.4, 0.5) is 0 Å². The number of hydrogen-bond acceptors (Lipinski definition) is 2. The Morgan fingerprint density at radius 2 is 2.00 bits per heavy atom. The normalized spacial score (nSPS) is 18.7. The van der Waals surface area contributed by atoms with Gasteiger partial charge in [-0.15, -0.1) is 0 Å². The smallest absolute Gasteiger partial charge is 0.0409 e. The molecule has 3 heteroatoms. The third-order valence-electron chi connectivity index (χ3n) is 4.29. The van der Waals surface area contributed by atoms with Gasteiger partial charge in [0.15, 0.2) is 0 Å². The van der Waals surface area contributed by atoms with Crippen LogP contribution in [0.1, 0.15) is 37.7 Å². The lowest BCUT2D eigenvalue weighted by Gasteiger charge is -2.39. The van der Waals surface area contributed by atoms with Crippen LogP contribution in [0.15, 0.2) is 24.3 Å². The van der Waals surface area contributed by atoms with Gasteiger partial charge in [-0.1, -0.05) is 43.0 Å². The first-order valence-electron chi connectivity index (χ1n) is 7.27. The molecule has 1 aliphatic rings. The maximum Gasteiger partial charge on any atom is 0.0409 e. The summed E-state index contributed by atoms with van der Waals surface area (Å²) in [5, 5.41) is 0.817. The fourth-order valence-corrected chi connectivity index (χ4v) is 3.52. The van der Waals surface area contributed by atoms with Crippen molar-refractivity contribution in [1.82, 2.24) is 4.90 Å². The third kappa shape index (κ3) is 4.20. The number of benzene rings is 1. The van der Waals surface area contributed by atoms with E-state index >= 15 is 0 Å². The largest absolute Gasteiger partial charge is 0.330 e. The second-order valence-electron chi connectivity index (χ2n) is 6.07. The summed E-state index contributed by atoms with van der Waals surface area (Å²) in [5.41, 5.74) is 7.67. The van der Waals surface area contributed by atoms with Gasteiger partial charge in [-0.2, -0.15) is 0 Å². The van der Waals surface area contributed by atoms with E-state index in [0.717, 1.165) is 24.7 Å². The number of nitrogens with zero attached hydrogens (tertiary/aromatic N) is 1. The topological polar surface area (TPSA) is 29.3 Å². The molecule has 0 atom stereocenters. The van der Waals surface area contributed by atoms with Crippen molar-refractivity contribution in [2.24, 2.45) is 11.1 Å². The van der Waals surface area contributed by atoms with Crippen molar-refractivity contribution in [1.29, 1.82) is 0 Å². The molecule has 19 heavy (non-hydrogen) atoms. The predicted octanol–water partition coefficient (Wildman–Crippen LogP) is 3.68. The molecule has 0 bridgehead atoms. The Labute approximate surface area is 121 Å².